The highest BCUT2D eigenvalue weighted by atomic mass is 16.5. The van der Waals surface area contributed by atoms with Gasteiger partial charge in [-0.15, -0.1) is 10.2 Å². The maximum Gasteiger partial charge on any atom is 0.337 e. The largest absolute Gasteiger partial charge is 0.478 e. The van der Waals surface area contributed by atoms with Crippen LogP contribution in [0.3, 0.4) is 0 Å². The molecule has 1 atom stereocenters. The number of carbonyl (C=O) groups is 1. The smallest absolute Gasteiger partial charge is 0.337 e. The third-order valence-corrected chi connectivity index (χ3v) is 3.22. The lowest BCUT2D eigenvalue weighted by Crippen LogP contribution is -2.08. The molecule has 0 radical (unpaired) electrons. The van der Waals surface area contributed by atoms with Gasteiger partial charge in [-0.25, -0.2) is 4.79 Å². The summed E-state index contributed by atoms with van der Waals surface area (Å²) in [4.78, 5) is 10.9. The third-order valence-electron chi connectivity index (χ3n) is 3.22. The zero-order valence-corrected chi connectivity index (χ0v) is 9.74. The monoisotopic (exact) mass is 247 g/mol. The molecule has 0 bridgehead atoms. The van der Waals surface area contributed by atoms with Crippen molar-refractivity contribution in [3.8, 4) is 0 Å². The molecule has 3 heterocycles. The van der Waals surface area contributed by atoms with Crippen molar-refractivity contribution in [3.05, 3.63) is 29.7 Å². The highest BCUT2D eigenvalue weighted by Crippen LogP contribution is 2.18. The molecule has 6 heteroatoms. The number of fused-ring (bicyclic) bond motifs is 1. The van der Waals surface area contributed by atoms with E-state index in [1.165, 1.54) is 6.07 Å². The van der Waals surface area contributed by atoms with Gasteiger partial charge in [0.25, 0.3) is 0 Å². The Kier molecular flexibility index (Phi) is 2.71. The molecule has 94 valence electrons. The highest BCUT2D eigenvalue weighted by Gasteiger charge is 2.19. The Morgan fingerprint density at radius 2 is 2.39 bits per heavy atom. The average Bonchev–Trinajstić information content (AvgIpc) is 2.99. The van der Waals surface area contributed by atoms with Gasteiger partial charge in [0, 0.05) is 25.8 Å². The van der Waals surface area contributed by atoms with Gasteiger partial charge in [0.05, 0.1) is 5.56 Å². The normalized spacial score (nSPS) is 19.4. The molecule has 0 saturated carbocycles. The molecule has 2 aromatic heterocycles. The Hall–Kier alpha value is -1.95. The third kappa shape index (κ3) is 1.95. The predicted octanol–water partition coefficient (Wildman–Crippen LogP) is 1.01. The quantitative estimate of drug-likeness (QED) is 0.875. The maximum absolute atomic E-state index is 10.9. The lowest BCUT2D eigenvalue weighted by Gasteiger charge is -2.05. The first-order valence-corrected chi connectivity index (χ1v) is 5.89. The van der Waals surface area contributed by atoms with E-state index in [2.05, 4.69) is 10.2 Å². The molecule has 1 N–H and O–H groups in total. The van der Waals surface area contributed by atoms with E-state index in [4.69, 9.17) is 9.84 Å². The Balaban J connectivity index is 1.95. The van der Waals surface area contributed by atoms with Gasteiger partial charge in [-0.3, -0.25) is 4.40 Å². The van der Waals surface area contributed by atoms with Crippen LogP contribution in [0.4, 0.5) is 0 Å². The molecule has 3 rings (SSSR count). The van der Waals surface area contributed by atoms with Crippen molar-refractivity contribution < 1.29 is 14.6 Å². The molecule has 18 heavy (non-hydrogen) atoms. The first-order valence-electron chi connectivity index (χ1n) is 5.89. The minimum atomic E-state index is -0.944. The van der Waals surface area contributed by atoms with E-state index in [1.54, 1.807) is 16.7 Å². The Morgan fingerprint density at radius 1 is 1.50 bits per heavy atom. The summed E-state index contributed by atoms with van der Waals surface area (Å²) < 4.78 is 7.08. The standard InChI is InChI=1S/C12H13N3O3/c16-12(17)9-1-2-10-13-14-11(15(10)6-9)5-8-3-4-18-7-8/h1-2,6,8H,3-5,7H2,(H,16,17). The van der Waals surface area contributed by atoms with Crippen LogP contribution in [0.1, 0.15) is 22.6 Å². The van der Waals surface area contributed by atoms with Crippen LogP contribution < -0.4 is 0 Å². The number of hydrogen-bond acceptors (Lipinski definition) is 4. The van der Waals surface area contributed by atoms with Gasteiger partial charge in [-0.2, -0.15) is 0 Å². The van der Waals surface area contributed by atoms with Crippen LogP contribution in [0.15, 0.2) is 18.3 Å². The van der Waals surface area contributed by atoms with Crippen molar-refractivity contribution in [2.45, 2.75) is 12.8 Å². The number of hydrogen-bond donors (Lipinski definition) is 1. The second-order valence-corrected chi connectivity index (χ2v) is 4.50. The Labute approximate surface area is 103 Å². The zero-order valence-electron chi connectivity index (χ0n) is 9.74. The molecule has 1 saturated heterocycles. The SMILES string of the molecule is O=C(O)c1ccc2nnc(CC3CCOC3)n2c1. The lowest BCUT2D eigenvalue weighted by atomic mass is 10.1. The fourth-order valence-corrected chi connectivity index (χ4v) is 2.21. The van der Waals surface area contributed by atoms with Crippen LogP contribution in [-0.2, 0) is 11.2 Å². The number of ether oxygens (including phenoxy) is 1. The summed E-state index contributed by atoms with van der Waals surface area (Å²) in [6.07, 6.45) is 3.36. The molecule has 1 fully saturated rings. The van der Waals surface area contributed by atoms with Gasteiger partial charge in [0.2, 0.25) is 0 Å². The predicted molar refractivity (Wildman–Crippen MR) is 62.6 cm³/mol. The molecule has 1 unspecified atom stereocenters. The number of pyridine rings is 1. The summed E-state index contributed by atoms with van der Waals surface area (Å²) in [5.41, 5.74) is 0.917. The number of rotatable bonds is 3. The summed E-state index contributed by atoms with van der Waals surface area (Å²) in [6, 6.07) is 3.21. The van der Waals surface area contributed by atoms with Crippen LogP contribution in [0, 0.1) is 5.92 Å². The second-order valence-electron chi connectivity index (χ2n) is 4.50. The van der Waals surface area contributed by atoms with Gasteiger partial charge in [-0.1, -0.05) is 0 Å². The van der Waals surface area contributed by atoms with Crippen LogP contribution in [-0.4, -0.2) is 38.9 Å². The van der Waals surface area contributed by atoms with E-state index in [0.717, 1.165) is 31.9 Å². The van der Waals surface area contributed by atoms with Crippen LogP contribution >= 0.6 is 0 Å². The molecular weight excluding hydrogens is 234 g/mol. The van der Waals surface area contributed by atoms with E-state index < -0.39 is 5.97 Å². The number of aromatic carboxylic acids is 1. The molecule has 0 spiro atoms. The molecular formula is C12H13N3O3. The van der Waals surface area contributed by atoms with Gasteiger partial charge in [-0.05, 0) is 24.5 Å². The molecule has 0 aromatic carbocycles. The van der Waals surface area contributed by atoms with Crippen LogP contribution in [0.2, 0.25) is 0 Å². The molecule has 1 aliphatic heterocycles. The summed E-state index contributed by atoms with van der Waals surface area (Å²) in [6.45, 7) is 1.54. The van der Waals surface area contributed by atoms with Crippen molar-refractivity contribution in [2.75, 3.05) is 13.2 Å². The summed E-state index contributed by atoms with van der Waals surface area (Å²) in [5, 5.41) is 17.1. The number of carboxylic acid groups (broad SMARTS) is 1. The van der Waals surface area contributed by atoms with Gasteiger partial charge in [0.15, 0.2) is 5.65 Å². The summed E-state index contributed by atoms with van der Waals surface area (Å²) in [7, 11) is 0. The minimum absolute atomic E-state index is 0.242. The molecule has 0 aliphatic carbocycles. The fourth-order valence-electron chi connectivity index (χ4n) is 2.21. The van der Waals surface area contributed by atoms with E-state index >= 15 is 0 Å². The maximum atomic E-state index is 10.9. The number of aromatic nitrogens is 3. The molecule has 6 nitrogen and oxygen atoms in total. The average molecular weight is 247 g/mol. The Morgan fingerprint density at radius 3 is 3.11 bits per heavy atom. The lowest BCUT2D eigenvalue weighted by molar-refractivity contribution is 0.0696. The van der Waals surface area contributed by atoms with Crippen LogP contribution in [0.25, 0.3) is 5.65 Å². The first-order chi connectivity index (χ1) is 8.74. The van der Waals surface area contributed by atoms with Crippen molar-refractivity contribution in [1.82, 2.24) is 14.6 Å². The number of nitrogens with zero attached hydrogens (tertiary/aromatic N) is 3. The van der Waals surface area contributed by atoms with Crippen molar-refractivity contribution in [3.63, 3.8) is 0 Å². The van der Waals surface area contributed by atoms with Crippen molar-refractivity contribution >= 4 is 11.6 Å². The second kappa shape index (κ2) is 4.38. The van der Waals surface area contributed by atoms with E-state index in [9.17, 15) is 4.79 Å². The van der Waals surface area contributed by atoms with Gasteiger partial charge >= 0.3 is 5.97 Å². The molecule has 0 amide bonds. The molecule has 1 aliphatic rings. The topological polar surface area (TPSA) is 76.7 Å². The van der Waals surface area contributed by atoms with Crippen LogP contribution in [0.5, 0.6) is 0 Å². The zero-order chi connectivity index (χ0) is 12.5. The van der Waals surface area contributed by atoms with Gasteiger partial charge in [0.1, 0.15) is 5.82 Å². The fraction of sp³-hybridized carbons (Fsp3) is 0.417. The van der Waals surface area contributed by atoms with E-state index in [1.807, 2.05) is 0 Å². The van der Waals surface area contributed by atoms with Crippen molar-refractivity contribution in [1.29, 1.82) is 0 Å². The summed E-state index contributed by atoms with van der Waals surface area (Å²) >= 11 is 0. The minimum Gasteiger partial charge on any atom is -0.478 e. The molecule has 2 aromatic rings. The van der Waals surface area contributed by atoms with Crippen molar-refractivity contribution in [2.24, 2.45) is 5.92 Å². The Bertz CT molecular complexity index is 587. The summed E-state index contributed by atoms with van der Waals surface area (Å²) in [5.74, 6) is 0.301. The number of carboxylic acids is 1. The van der Waals surface area contributed by atoms with E-state index in [-0.39, 0.29) is 5.56 Å². The first kappa shape index (κ1) is 11.2. The van der Waals surface area contributed by atoms with Gasteiger partial charge < -0.3 is 9.84 Å². The highest BCUT2D eigenvalue weighted by molar-refractivity contribution is 5.87. The van der Waals surface area contributed by atoms with E-state index in [0.29, 0.717) is 11.6 Å².